The summed E-state index contributed by atoms with van der Waals surface area (Å²) in [6.45, 7) is 2.81. The summed E-state index contributed by atoms with van der Waals surface area (Å²) in [6, 6.07) is 10.0. The van der Waals surface area contributed by atoms with Crippen molar-refractivity contribution in [1.29, 1.82) is 0 Å². The smallest absolute Gasteiger partial charge is 0.301 e. The Balaban J connectivity index is 1.92. The van der Waals surface area contributed by atoms with Gasteiger partial charge in [0.15, 0.2) is 11.2 Å². The lowest BCUT2D eigenvalue weighted by Crippen LogP contribution is -2.20. The molecule has 1 N–H and O–H groups in total. The Kier molecular flexibility index (Phi) is 3.18. The van der Waals surface area contributed by atoms with E-state index in [1.807, 2.05) is 34.9 Å². The lowest BCUT2D eigenvalue weighted by molar-refractivity contribution is 0.686. The predicted molar refractivity (Wildman–Crippen MR) is 86.4 cm³/mol. The first-order valence-corrected chi connectivity index (χ1v) is 7.63. The monoisotopic (exact) mass is 308 g/mol. The van der Waals surface area contributed by atoms with E-state index in [2.05, 4.69) is 27.0 Å². The third kappa shape index (κ3) is 2.21. The van der Waals surface area contributed by atoms with Crippen molar-refractivity contribution in [2.75, 3.05) is 0 Å². The Morgan fingerprint density at radius 2 is 2.04 bits per heavy atom. The van der Waals surface area contributed by atoms with Crippen LogP contribution in [0.1, 0.15) is 24.7 Å². The molecule has 0 aliphatic carbocycles. The molecular formula is C16H16N6O. The summed E-state index contributed by atoms with van der Waals surface area (Å²) in [6.07, 6.45) is 2.96. The molecule has 0 radical (unpaired) electrons. The summed E-state index contributed by atoms with van der Waals surface area (Å²) >= 11 is 0. The van der Waals surface area contributed by atoms with Gasteiger partial charge in [-0.3, -0.25) is 9.36 Å². The van der Waals surface area contributed by atoms with E-state index in [4.69, 9.17) is 0 Å². The van der Waals surface area contributed by atoms with E-state index in [0.717, 1.165) is 24.4 Å². The summed E-state index contributed by atoms with van der Waals surface area (Å²) in [4.78, 5) is 24.6. The largest absolute Gasteiger partial charge is 0.336 e. The summed E-state index contributed by atoms with van der Waals surface area (Å²) in [5.74, 6) is 1.29. The summed E-state index contributed by atoms with van der Waals surface area (Å²) in [7, 11) is 0. The van der Waals surface area contributed by atoms with Crippen LogP contribution < -0.4 is 5.56 Å². The average molecular weight is 308 g/mol. The maximum Gasteiger partial charge on any atom is 0.301 e. The molecule has 1 aromatic carbocycles. The Morgan fingerprint density at radius 3 is 2.83 bits per heavy atom. The Labute approximate surface area is 131 Å². The minimum Gasteiger partial charge on any atom is -0.336 e. The summed E-state index contributed by atoms with van der Waals surface area (Å²) in [5, 5.41) is 4.03. The number of fused-ring (bicyclic) bond motifs is 2. The molecule has 0 aliphatic rings. The van der Waals surface area contributed by atoms with Crippen LogP contribution >= 0.6 is 0 Å². The van der Waals surface area contributed by atoms with Gasteiger partial charge in [-0.25, -0.2) is 4.98 Å². The quantitative estimate of drug-likeness (QED) is 0.623. The van der Waals surface area contributed by atoms with E-state index in [1.165, 1.54) is 10.8 Å². The van der Waals surface area contributed by atoms with Crippen molar-refractivity contribution in [3.8, 4) is 0 Å². The fourth-order valence-corrected chi connectivity index (χ4v) is 2.82. The highest BCUT2D eigenvalue weighted by atomic mass is 16.1. The van der Waals surface area contributed by atoms with E-state index in [9.17, 15) is 4.79 Å². The minimum atomic E-state index is -0.216. The van der Waals surface area contributed by atoms with Crippen LogP contribution in [-0.4, -0.2) is 29.1 Å². The van der Waals surface area contributed by atoms with Crippen molar-refractivity contribution in [2.45, 2.75) is 26.3 Å². The number of nitrogens with zero attached hydrogens (tertiary/aromatic N) is 5. The molecule has 0 saturated carbocycles. The molecule has 0 unspecified atom stereocenters. The van der Waals surface area contributed by atoms with Gasteiger partial charge >= 0.3 is 5.56 Å². The van der Waals surface area contributed by atoms with Crippen LogP contribution in [0.5, 0.6) is 0 Å². The maximum atomic E-state index is 12.5. The second kappa shape index (κ2) is 5.35. The molecular weight excluding hydrogens is 292 g/mol. The zero-order valence-electron chi connectivity index (χ0n) is 12.7. The Bertz CT molecular complexity index is 1030. The number of hydrogen-bond donors (Lipinski definition) is 1. The van der Waals surface area contributed by atoms with Crippen molar-refractivity contribution >= 4 is 16.9 Å². The molecule has 0 bridgehead atoms. The first-order valence-electron chi connectivity index (χ1n) is 7.63. The van der Waals surface area contributed by atoms with Gasteiger partial charge in [0.1, 0.15) is 12.2 Å². The topological polar surface area (TPSA) is 80.9 Å². The second-order valence-corrected chi connectivity index (χ2v) is 5.47. The summed E-state index contributed by atoms with van der Waals surface area (Å²) in [5.41, 5.74) is 2.04. The molecule has 0 saturated heterocycles. The van der Waals surface area contributed by atoms with Gasteiger partial charge < -0.3 is 4.98 Å². The second-order valence-electron chi connectivity index (χ2n) is 5.47. The highest BCUT2D eigenvalue weighted by molar-refractivity contribution is 5.72. The maximum absolute atomic E-state index is 12.5. The van der Waals surface area contributed by atoms with Crippen LogP contribution in [0, 0.1) is 0 Å². The Morgan fingerprint density at radius 1 is 1.22 bits per heavy atom. The number of H-pyrrole nitrogens is 1. The zero-order valence-corrected chi connectivity index (χ0v) is 12.7. The number of hydrogen-bond acceptors (Lipinski definition) is 4. The fourth-order valence-electron chi connectivity index (χ4n) is 2.82. The minimum absolute atomic E-state index is 0.216. The number of benzene rings is 1. The molecule has 7 nitrogen and oxygen atoms in total. The normalized spacial score (nSPS) is 11.5. The first kappa shape index (κ1) is 13.7. The van der Waals surface area contributed by atoms with E-state index in [1.54, 1.807) is 0 Å². The van der Waals surface area contributed by atoms with Crippen molar-refractivity contribution in [2.24, 2.45) is 0 Å². The molecule has 0 fully saturated rings. The van der Waals surface area contributed by atoms with Gasteiger partial charge in [-0.1, -0.05) is 37.3 Å². The number of aryl methyl sites for hydroxylation is 1. The molecule has 3 aromatic heterocycles. The van der Waals surface area contributed by atoms with E-state index < -0.39 is 0 Å². The van der Waals surface area contributed by atoms with Crippen molar-refractivity contribution in [3.05, 3.63) is 58.4 Å². The van der Waals surface area contributed by atoms with Crippen LogP contribution in [-0.2, 0) is 13.0 Å². The molecule has 4 aromatic rings. The van der Waals surface area contributed by atoms with Crippen LogP contribution in [0.25, 0.3) is 16.9 Å². The van der Waals surface area contributed by atoms with Crippen molar-refractivity contribution < 1.29 is 0 Å². The lowest BCUT2D eigenvalue weighted by Gasteiger charge is -2.06. The zero-order chi connectivity index (χ0) is 15.8. The van der Waals surface area contributed by atoms with Gasteiger partial charge in [-0.15, -0.1) is 0 Å². The van der Waals surface area contributed by atoms with Gasteiger partial charge in [0.2, 0.25) is 5.78 Å². The van der Waals surface area contributed by atoms with Gasteiger partial charge in [-0.2, -0.15) is 14.6 Å². The number of aromatic nitrogens is 6. The van der Waals surface area contributed by atoms with Gasteiger partial charge in [0.25, 0.3) is 0 Å². The number of nitrogens with one attached hydrogen (secondary N) is 1. The van der Waals surface area contributed by atoms with Crippen LogP contribution in [0.4, 0.5) is 0 Å². The van der Waals surface area contributed by atoms with Crippen molar-refractivity contribution in [3.63, 3.8) is 0 Å². The predicted octanol–water partition coefficient (Wildman–Crippen LogP) is 1.77. The molecule has 0 spiro atoms. The van der Waals surface area contributed by atoms with E-state index >= 15 is 0 Å². The molecule has 116 valence electrons. The Hall–Kier alpha value is -2.96. The van der Waals surface area contributed by atoms with Gasteiger partial charge in [0.05, 0.1) is 0 Å². The average Bonchev–Trinajstić information content (AvgIpc) is 3.20. The standard InChI is InChI=1S/C16H16N6O/c1-2-8-21-14-13(15(23)22-16(21)17-10-18-22)19-12(20-14)9-11-6-4-3-5-7-11/h3-7,10H,2,8-9H2,1H3,(H,19,20). The molecule has 23 heavy (non-hydrogen) atoms. The molecule has 4 rings (SSSR count). The van der Waals surface area contributed by atoms with E-state index in [-0.39, 0.29) is 5.56 Å². The summed E-state index contributed by atoms with van der Waals surface area (Å²) < 4.78 is 3.26. The number of aromatic amines is 1. The fraction of sp³-hybridized carbons (Fsp3) is 0.250. The van der Waals surface area contributed by atoms with Crippen LogP contribution in [0.3, 0.4) is 0 Å². The lowest BCUT2D eigenvalue weighted by atomic mass is 10.1. The van der Waals surface area contributed by atoms with Gasteiger partial charge in [-0.05, 0) is 12.0 Å². The highest BCUT2D eigenvalue weighted by Gasteiger charge is 2.16. The van der Waals surface area contributed by atoms with E-state index in [0.29, 0.717) is 23.4 Å². The molecule has 7 heteroatoms. The molecule has 0 aliphatic heterocycles. The van der Waals surface area contributed by atoms with Crippen LogP contribution in [0.2, 0.25) is 0 Å². The third-order valence-corrected chi connectivity index (χ3v) is 3.83. The molecule has 3 heterocycles. The van der Waals surface area contributed by atoms with Crippen molar-refractivity contribution in [1.82, 2.24) is 29.1 Å². The SMILES string of the molecule is CCCn1c2nc(Cc3ccccc3)[nH]c2c(=O)n2ncnc12. The van der Waals surface area contributed by atoms with Crippen LogP contribution in [0.15, 0.2) is 41.5 Å². The first-order chi connectivity index (χ1) is 11.3. The molecule has 0 amide bonds. The molecule has 0 atom stereocenters. The third-order valence-electron chi connectivity index (χ3n) is 3.83. The highest BCUT2D eigenvalue weighted by Crippen LogP contribution is 2.14. The number of imidazole rings is 1. The van der Waals surface area contributed by atoms with Gasteiger partial charge in [0, 0.05) is 13.0 Å². The number of rotatable bonds is 4.